The molecule has 0 saturated carbocycles. The maximum absolute atomic E-state index is 11.0. The third-order valence-corrected chi connectivity index (χ3v) is 4.28. The summed E-state index contributed by atoms with van der Waals surface area (Å²) < 4.78 is 0. The van der Waals surface area contributed by atoms with Crippen molar-refractivity contribution >= 4 is 40.5 Å². The van der Waals surface area contributed by atoms with Crippen LogP contribution in [0.1, 0.15) is 21.5 Å². The summed E-state index contributed by atoms with van der Waals surface area (Å²) >= 11 is 1.50. The van der Waals surface area contributed by atoms with Gasteiger partial charge in [-0.1, -0.05) is 29.8 Å². The van der Waals surface area contributed by atoms with Crippen LogP contribution in [0.25, 0.3) is 11.3 Å². The molecule has 0 bridgehead atoms. The van der Waals surface area contributed by atoms with Gasteiger partial charge in [-0.3, -0.25) is 0 Å². The smallest absolute Gasteiger partial charge is 0.335 e. The van der Waals surface area contributed by atoms with Crippen molar-refractivity contribution in [2.75, 3.05) is 5.32 Å². The monoisotopic (exact) mass is 360 g/mol. The third kappa shape index (κ3) is 3.93. The standard InChI is InChI=1S/C18H16N2O2S.ClH/c1-11-6-7-15(12(2)8-11)16-10-23-18(20-16)19-14-5-3-4-13(9-14)17(21)22;/h3-10H,1-2H3,(H,19,20)(H,21,22);1H. The first-order chi connectivity index (χ1) is 11.0. The van der Waals surface area contributed by atoms with Crippen molar-refractivity contribution < 1.29 is 9.90 Å². The minimum absolute atomic E-state index is 0. The number of nitrogens with zero attached hydrogens (tertiary/aromatic N) is 1. The number of carbonyl (C=O) groups is 1. The van der Waals surface area contributed by atoms with E-state index in [-0.39, 0.29) is 18.0 Å². The lowest BCUT2D eigenvalue weighted by Crippen LogP contribution is -1.97. The predicted octanol–water partition coefficient (Wildman–Crippen LogP) is 5.29. The van der Waals surface area contributed by atoms with Gasteiger partial charge >= 0.3 is 5.97 Å². The Morgan fingerprint density at radius 2 is 1.96 bits per heavy atom. The van der Waals surface area contributed by atoms with Gasteiger partial charge in [0, 0.05) is 16.6 Å². The molecule has 24 heavy (non-hydrogen) atoms. The van der Waals surface area contributed by atoms with E-state index in [2.05, 4.69) is 42.3 Å². The molecular formula is C18H17ClN2O2S. The van der Waals surface area contributed by atoms with Crippen molar-refractivity contribution in [3.8, 4) is 11.3 Å². The Balaban J connectivity index is 0.00000208. The highest BCUT2D eigenvalue weighted by Crippen LogP contribution is 2.29. The van der Waals surface area contributed by atoms with Gasteiger partial charge in [-0.2, -0.15) is 0 Å². The second-order valence-electron chi connectivity index (χ2n) is 5.37. The normalized spacial score (nSPS) is 10.1. The highest BCUT2D eigenvalue weighted by molar-refractivity contribution is 7.14. The van der Waals surface area contributed by atoms with Crippen molar-refractivity contribution in [1.82, 2.24) is 4.98 Å². The number of carboxylic acid groups (broad SMARTS) is 1. The Labute approximate surface area is 150 Å². The van der Waals surface area contributed by atoms with Crippen LogP contribution in [0, 0.1) is 13.8 Å². The van der Waals surface area contributed by atoms with Crippen molar-refractivity contribution in [3.05, 3.63) is 64.5 Å². The summed E-state index contributed by atoms with van der Waals surface area (Å²) in [7, 11) is 0. The zero-order chi connectivity index (χ0) is 16.4. The van der Waals surface area contributed by atoms with Crippen molar-refractivity contribution in [1.29, 1.82) is 0 Å². The number of thiazole rings is 1. The highest BCUT2D eigenvalue weighted by Gasteiger charge is 2.09. The van der Waals surface area contributed by atoms with Crippen molar-refractivity contribution in [3.63, 3.8) is 0 Å². The molecule has 3 rings (SSSR count). The minimum Gasteiger partial charge on any atom is -0.478 e. The molecule has 6 heteroatoms. The Hall–Kier alpha value is -2.37. The molecule has 0 spiro atoms. The molecule has 1 aromatic heterocycles. The molecule has 4 nitrogen and oxygen atoms in total. The molecule has 0 saturated heterocycles. The number of benzene rings is 2. The summed E-state index contributed by atoms with van der Waals surface area (Å²) in [6, 6.07) is 13.0. The van der Waals surface area contributed by atoms with Crippen LogP contribution in [0.15, 0.2) is 47.8 Å². The van der Waals surface area contributed by atoms with Gasteiger partial charge in [-0.25, -0.2) is 9.78 Å². The summed E-state index contributed by atoms with van der Waals surface area (Å²) in [5.41, 5.74) is 5.41. The van der Waals surface area contributed by atoms with E-state index in [1.807, 2.05) is 11.4 Å². The number of hydrogen-bond acceptors (Lipinski definition) is 4. The van der Waals surface area contributed by atoms with E-state index < -0.39 is 5.97 Å². The number of nitrogens with one attached hydrogen (secondary N) is 1. The van der Waals surface area contributed by atoms with Crippen molar-refractivity contribution in [2.24, 2.45) is 0 Å². The molecule has 0 amide bonds. The van der Waals surface area contributed by atoms with Crippen LogP contribution in [0.2, 0.25) is 0 Å². The van der Waals surface area contributed by atoms with Gasteiger partial charge in [0.2, 0.25) is 0 Å². The number of carboxylic acids is 1. The number of rotatable bonds is 4. The van der Waals surface area contributed by atoms with Gasteiger partial charge in [0.15, 0.2) is 5.13 Å². The van der Waals surface area contributed by atoms with Crippen LogP contribution in [0.4, 0.5) is 10.8 Å². The summed E-state index contributed by atoms with van der Waals surface area (Å²) in [4.78, 5) is 15.6. The molecule has 0 radical (unpaired) electrons. The van der Waals surface area contributed by atoms with Crippen LogP contribution in [0.3, 0.4) is 0 Å². The first-order valence-corrected chi connectivity index (χ1v) is 8.04. The van der Waals surface area contributed by atoms with E-state index in [1.165, 1.54) is 22.5 Å². The Bertz CT molecular complexity index is 877. The van der Waals surface area contributed by atoms with Gasteiger partial charge in [-0.05, 0) is 37.6 Å². The average molecular weight is 361 g/mol. The summed E-state index contributed by atoms with van der Waals surface area (Å²) in [5, 5.41) is 14.9. The second kappa shape index (κ2) is 7.47. The Kier molecular flexibility index (Phi) is 5.59. The highest BCUT2D eigenvalue weighted by atomic mass is 35.5. The molecule has 0 fully saturated rings. The molecule has 1 heterocycles. The topological polar surface area (TPSA) is 62.2 Å². The van der Waals surface area contributed by atoms with Crippen LogP contribution < -0.4 is 5.32 Å². The average Bonchev–Trinajstić information content (AvgIpc) is 2.95. The molecule has 0 atom stereocenters. The molecule has 0 aliphatic carbocycles. The molecule has 2 aromatic carbocycles. The molecule has 2 N–H and O–H groups in total. The van der Waals surface area contributed by atoms with Crippen LogP contribution >= 0.6 is 23.7 Å². The first-order valence-electron chi connectivity index (χ1n) is 7.16. The van der Waals surface area contributed by atoms with Gasteiger partial charge in [0.1, 0.15) is 0 Å². The zero-order valence-electron chi connectivity index (χ0n) is 13.2. The van der Waals surface area contributed by atoms with E-state index in [0.29, 0.717) is 5.69 Å². The number of aromatic carboxylic acids is 1. The number of aryl methyl sites for hydroxylation is 2. The fraction of sp³-hybridized carbons (Fsp3) is 0.111. The fourth-order valence-electron chi connectivity index (χ4n) is 2.41. The van der Waals surface area contributed by atoms with Gasteiger partial charge < -0.3 is 10.4 Å². The van der Waals surface area contributed by atoms with E-state index >= 15 is 0 Å². The quantitative estimate of drug-likeness (QED) is 0.663. The molecule has 3 aromatic rings. The fourth-order valence-corrected chi connectivity index (χ4v) is 3.14. The number of halogens is 1. The maximum Gasteiger partial charge on any atom is 0.335 e. The largest absolute Gasteiger partial charge is 0.478 e. The number of aromatic nitrogens is 1. The van der Waals surface area contributed by atoms with Gasteiger partial charge in [0.05, 0.1) is 11.3 Å². The van der Waals surface area contributed by atoms with Crippen LogP contribution in [-0.4, -0.2) is 16.1 Å². The lowest BCUT2D eigenvalue weighted by atomic mass is 10.0. The predicted molar refractivity (Wildman–Crippen MR) is 101 cm³/mol. The maximum atomic E-state index is 11.0. The van der Waals surface area contributed by atoms with Crippen LogP contribution in [0.5, 0.6) is 0 Å². The second-order valence-corrected chi connectivity index (χ2v) is 6.23. The lowest BCUT2D eigenvalue weighted by molar-refractivity contribution is 0.0697. The molecule has 0 unspecified atom stereocenters. The Morgan fingerprint density at radius 3 is 2.67 bits per heavy atom. The SMILES string of the molecule is Cc1ccc(-c2csc(Nc3cccc(C(=O)O)c3)n2)c(C)c1.Cl. The molecule has 124 valence electrons. The van der Waals surface area contributed by atoms with Crippen LogP contribution in [-0.2, 0) is 0 Å². The summed E-state index contributed by atoms with van der Waals surface area (Å²) in [6.07, 6.45) is 0. The lowest BCUT2D eigenvalue weighted by Gasteiger charge is -2.05. The summed E-state index contributed by atoms with van der Waals surface area (Å²) in [5.74, 6) is -0.941. The van der Waals surface area contributed by atoms with Gasteiger partial charge in [-0.15, -0.1) is 23.7 Å². The molecule has 0 aliphatic heterocycles. The first kappa shape index (κ1) is 18.0. The number of hydrogen-bond donors (Lipinski definition) is 2. The van der Waals surface area contributed by atoms with E-state index in [0.717, 1.165) is 16.4 Å². The van der Waals surface area contributed by atoms with E-state index in [9.17, 15) is 4.79 Å². The number of anilines is 2. The zero-order valence-corrected chi connectivity index (χ0v) is 14.9. The third-order valence-electron chi connectivity index (χ3n) is 3.52. The Morgan fingerprint density at radius 1 is 1.17 bits per heavy atom. The molecule has 0 aliphatic rings. The minimum atomic E-state index is -0.941. The van der Waals surface area contributed by atoms with Gasteiger partial charge in [0.25, 0.3) is 0 Å². The van der Waals surface area contributed by atoms with Crippen molar-refractivity contribution in [2.45, 2.75) is 13.8 Å². The van der Waals surface area contributed by atoms with E-state index in [4.69, 9.17) is 5.11 Å². The summed E-state index contributed by atoms with van der Waals surface area (Å²) in [6.45, 7) is 4.14. The van der Waals surface area contributed by atoms with E-state index in [1.54, 1.807) is 18.2 Å². The molecular weight excluding hydrogens is 344 g/mol.